The number of hydrogen-bond donors (Lipinski definition) is 1. The predicted octanol–water partition coefficient (Wildman–Crippen LogP) is 2.08. The number of hydrogen-bond acceptors (Lipinski definition) is 2. The Bertz CT molecular complexity index is 260. The number of halogens is 1. The van der Waals surface area contributed by atoms with Gasteiger partial charge in [-0.15, -0.1) is 0 Å². The van der Waals surface area contributed by atoms with E-state index in [9.17, 15) is 0 Å². The maximum atomic E-state index is 8.99. The molecule has 0 bridgehead atoms. The van der Waals surface area contributed by atoms with Crippen molar-refractivity contribution in [3.05, 3.63) is 29.6 Å². The van der Waals surface area contributed by atoms with Crippen molar-refractivity contribution in [2.75, 3.05) is 0 Å². The summed E-state index contributed by atoms with van der Waals surface area (Å²) in [7, 11) is 0. The molecule has 3 heteroatoms. The van der Waals surface area contributed by atoms with E-state index >= 15 is 0 Å². The molecular weight excluding hydrogens is 150 g/mol. The van der Waals surface area contributed by atoms with Crippen molar-refractivity contribution in [1.82, 2.24) is 4.98 Å². The van der Waals surface area contributed by atoms with Gasteiger partial charge in [0, 0.05) is 11.8 Å². The van der Waals surface area contributed by atoms with Gasteiger partial charge in [-0.05, 0) is 0 Å². The molecule has 0 aromatic carbocycles. The largest absolute Gasteiger partial charge is 0.505 e. The van der Waals surface area contributed by atoms with Gasteiger partial charge in [0.15, 0.2) is 5.75 Å². The smallest absolute Gasteiger partial charge is 0.153 e. The zero-order chi connectivity index (χ0) is 7.56. The van der Waals surface area contributed by atoms with Crippen LogP contribution >= 0.6 is 11.6 Å². The first kappa shape index (κ1) is 7.09. The van der Waals surface area contributed by atoms with Gasteiger partial charge in [0.05, 0.1) is 11.2 Å². The molecule has 2 nitrogen and oxygen atoms in total. The first-order valence-electron chi connectivity index (χ1n) is 2.70. The molecule has 1 heterocycles. The van der Waals surface area contributed by atoms with Crippen molar-refractivity contribution >= 4 is 17.7 Å². The van der Waals surface area contributed by atoms with Crippen molar-refractivity contribution in [2.24, 2.45) is 0 Å². The lowest BCUT2D eigenvalue weighted by Crippen LogP contribution is -1.78. The lowest BCUT2D eigenvalue weighted by molar-refractivity contribution is 0.473. The minimum Gasteiger partial charge on any atom is -0.505 e. The molecule has 0 spiro atoms. The van der Waals surface area contributed by atoms with Gasteiger partial charge in [-0.3, -0.25) is 4.98 Å². The van der Waals surface area contributed by atoms with E-state index in [1.54, 1.807) is 0 Å². The highest BCUT2D eigenvalue weighted by atomic mass is 35.5. The maximum absolute atomic E-state index is 8.99. The van der Waals surface area contributed by atoms with Crippen molar-refractivity contribution in [1.29, 1.82) is 0 Å². The Balaban J connectivity index is 3.27. The molecular formula is C7H6ClNO. The Hall–Kier alpha value is -1.02. The lowest BCUT2D eigenvalue weighted by Gasteiger charge is -1.97. The number of aromatic hydroxyl groups is 1. The van der Waals surface area contributed by atoms with E-state index in [1.807, 2.05) is 0 Å². The quantitative estimate of drug-likeness (QED) is 0.674. The Kier molecular flexibility index (Phi) is 1.92. The zero-order valence-electron chi connectivity index (χ0n) is 5.21. The monoisotopic (exact) mass is 155 g/mol. The third-order valence-corrected chi connectivity index (χ3v) is 1.52. The highest BCUT2D eigenvalue weighted by Gasteiger charge is 2.00. The van der Waals surface area contributed by atoms with E-state index in [0.29, 0.717) is 10.6 Å². The summed E-state index contributed by atoms with van der Waals surface area (Å²) in [5.74, 6) is -0.0148. The number of pyridine rings is 1. The number of nitrogens with zero attached hydrogens (tertiary/aromatic N) is 1. The summed E-state index contributed by atoms with van der Waals surface area (Å²) in [6.07, 6.45) is 4.36. The molecule has 0 atom stereocenters. The molecule has 0 fully saturated rings. The van der Waals surface area contributed by atoms with Gasteiger partial charge in [0.2, 0.25) is 0 Å². The van der Waals surface area contributed by atoms with E-state index in [-0.39, 0.29) is 5.75 Å². The minimum atomic E-state index is -0.0148. The molecule has 0 saturated carbocycles. The molecule has 0 amide bonds. The van der Waals surface area contributed by atoms with Crippen LogP contribution in [0.25, 0.3) is 6.08 Å². The molecule has 0 unspecified atom stereocenters. The standard InChI is InChI=1S/C7H6ClNO/c1-2-5-3-9-4-6(10)7(5)8/h2-4,10H,1H2. The van der Waals surface area contributed by atoms with Crippen LogP contribution in [0.4, 0.5) is 0 Å². The van der Waals surface area contributed by atoms with Crippen LogP contribution in [0, 0.1) is 0 Å². The minimum absolute atomic E-state index is 0.0148. The summed E-state index contributed by atoms with van der Waals surface area (Å²) >= 11 is 5.63. The van der Waals surface area contributed by atoms with Crippen LogP contribution in [-0.2, 0) is 0 Å². The SMILES string of the molecule is C=Cc1cncc(O)c1Cl. The molecule has 0 aliphatic rings. The van der Waals surface area contributed by atoms with Gasteiger partial charge >= 0.3 is 0 Å². The fourth-order valence-corrected chi connectivity index (χ4v) is 0.766. The Morgan fingerprint density at radius 2 is 2.30 bits per heavy atom. The third kappa shape index (κ3) is 1.11. The molecule has 52 valence electrons. The number of aromatic nitrogens is 1. The van der Waals surface area contributed by atoms with Crippen LogP contribution in [0.2, 0.25) is 5.02 Å². The van der Waals surface area contributed by atoms with E-state index < -0.39 is 0 Å². The van der Waals surface area contributed by atoms with Crippen molar-refractivity contribution in [3.8, 4) is 5.75 Å². The molecule has 0 radical (unpaired) electrons. The molecule has 0 saturated heterocycles. The third-order valence-electron chi connectivity index (χ3n) is 1.11. The van der Waals surface area contributed by atoms with Crippen LogP contribution < -0.4 is 0 Å². The highest BCUT2D eigenvalue weighted by molar-refractivity contribution is 6.33. The first-order valence-corrected chi connectivity index (χ1v) is 3.08. The van der Waals surface area contributed by atoms with Crippen LogP contribution in [0.15, 0.2) is 19.0 Å². The summed E-state index contributed by atoms with van der Waals surface area (Å²) in [5, 5.41) is 9.29. The van der Waals surface area contributed by atoms with Crippen LogP contribution in [-0.4, -0.2) is 10.1 Å². The summed E-state index contributed by atoms with van der Waals surface area (Å²) in [5.41, 5.74) is 0.640. The predicted molar refractivity (Wildman–Crippen MR) is 41.0 cm³/mol. The van der Waals surface area contributed by atoms with E-state index in [4.69, 9.17) is 16.7 Å². The first-order chi connectivity index (χ1) is 4.75. The van der Waals surface area contributed by atoms with Gasteiger partial charge in [-0.25, -0.2) is 0 Å². The molecule has 1 aromatic heterocycles. The Morgan fingerprint density at radius 3 is 2.80 bits per heavy atom. The highest BCUT2D eigenvalue weighted by Crippen LogP contribution is 2.25. The fraction of sp³-hybridized carbons (Fsp3) is 0. The summed E-state index contributed by atoms with van der Waals surface area (Å²) in [4.78, 5) is 3.71. The topological polar surface area (TPSA) is 33.1 Å². The van der Waals surface area contributed by atoms with Crippen molar-refractivity contribution in [3.63, 3.8) is 0 Å². The van der Waals surface area contributed by atoms with E-state index in [1.165, 1.54) is 18.5 Å². The lowest BCUT2D eigenvalue weighted by atomic mass is 10.3. The van der Waals surface area contributed by atoms with Gasteiger partial charge in [-0.2, -0.15) is 0 Å². The van der Waals surface area contributed by atoms with Gasteiger partial charge < -0.3 is 5.11 Å². The summed E-state index contributed by atoms with van der Waals surface area (Å²) < 4.78 is 0. The molecule has 1 N–H and O–H groups in total. The summed E-state index contributed by atoms with van der Waals surface area (Å²) in [6.45, 7) is 3.50. The van der Waals surface area contributed by atoms with Crippen LogP contribution in [0.1, 0.15) is 5.56 Å². The van der Waals surface area contributed by atoms with Gasteiger partial charge in [-0.1, -0.05) is 24.3 Å². The van der Waals surface area contributed by atoms with E-state index in [0.717, 1.165) is 0 Å². The molecule has 0 aliphatic carbocycles. The average molecular weight is 156 g/mol. The number of rotatable bonds is 1. The van der Waals surface area contributed by atoms with Gasteiger partial charge in [0.1, 0.15) is 0 Å². The normalized spacial score (nSPS) is 9.30. The van der Waals surface area contributed by atoms with Crippen molar-refractivity contribution < 1.29 is 5.11 Å². The Labute approximate surface area is 63.8 Å². The Morgan fingerprint density at radius 1 is 1.60 bits per heavy atom. The summed E-state index contributed by atoms with van der Waals surface area (Å²) in [6, 6.07) is 0. The molecule has 0 aliphatic heterocycles. The van der Waals surface area contributed by atoms with Crippen LogP contribution in [0.3, 0.4) is 0 Å². The van der Waals surface area contributed by atoms with Crippen molar-refractivity contribution in [2.45, 2.75) is 0 Å². The average Bonchev–Trinajstić information content (AvgIpc) is 1.95. The second-order valence-electron chi connectivity index (χ2n) is 1.77. The second-order valence-corrected chi connectivity index (χ2v) is 2.14. The fourth-order valence-electron chi connectivity index (χ4n) is 0.592. The van der Waals surface area contributed by atoms with Crippen LogP contribution in [0.5, 0.6) is 5.75 Å². The zero-order valence-corrected chi connectivity index (χ0v) is 5.97. The van der Waals surface area contributed by atoms with E-state index in [2.05, 4.69) is 11.6 Å². The van der Waals surface area contributed by atoms with Gasteiger partial charge in [0.25, 0.3) is 0 Å². The molecule has 1 rings (SSSR count). The molecule has 1 aromatic rings. The maximum Gasteiger partial charge on any atom is 0.153 e. The molecule has 10 heavy (non-hydrogen) atoms. The second kappa shape index (κ2) is 2.71.